The Morgan fingerprint density at radius 1 is 0.872 bits per heavy atom. The molecule has 1 fully saturated rings. The molecule has 3 aromatic carbocycles. The maximum absolute atomic E-state index is 10.7. The van der Waals surface area contributed by atoms with Crippen molar-refractivity contribution in [2.24, 2.45) is 0 Å². The molecular weight excluding hydrogens is 505 g/mol. The number of fused-ring (bicyclic) bond motifs is 1. The van der Waals surface area contributed by atoms with Gasteiger partial charge in [-0.3, -0.25) is 4.90 Å². The molecule has 0 N–H and O–H groups in total. The molecule has 5 rings (SSSR count). The second-order valence-corrected chi connectivity index (χ2v) is 9.13. The Balaban J connectivity index is 0.00000353. The second-order valence-electron chi connectivity index (χ2n) is 9.13. The molecule has 8 nitrogen and oxygen atoms in total. The van der Waals surface area contributed by atoms with E-state index in [9.17, 15) is 9.90 Å². The smallest absolute Gasteiger partial charge is 0.550 e. The molecule has 4 aromatic rings. The molecule has 0 aliphatic carbocycles. The van der Waals surface area contributed by atoms with Crippen LogP contribution in [-0.4, -0.2) is 66.9 Å². The number of aromatic nitrogens is 2. The number of carboxylic acid groups (broad SMARTS) is 1. The number of rotatable bonds is 11. The molecule has 0 bridgehead atoms. The minimum absolute atomic E-state index is 0. The summed E-state index contributed by atoms with van der Waals surface area (Å²) in [7, 11) is 0. The number of carboxylic acids is 1. The summed E-state index contributed by atoms with van der Waals surface area (Å²) < 4.78 is 17.2. The first kappa shape index (κ1) is 29.0. The van der Waals surface area contributed by atoms with E-state index < -0.39 is 5.97 Å². The summed E-state index contributed by atoms with van der Waals surface area (Å²) in [5.74, 6) is 0.683. The van der Waals surface area contributed by atoms with Crippen molar-refractivity contribution < 1.29 is 53.7 Å². The molecule has 1 aliphatic heterocycles. The van der Waals surface area contributed by atoms with Gasteiger partial charge in [-0.25, -0.2) is 4.98 Å². The fourth-order valence-electron chi connectivity index (χ4n) is 4.35. The molecule has 1 aliphatic rings. The van der Waals surface area contributed by atoms with Crippen molar-refractivity contribution in [3.05, 3.63) is 72.8 Å². The minimum atomic E-state index is -1.09. The molecular formula is C30H30N3NaO5. The van der Waals surface area contributed by atoms with Gasteiger partial charge < -0.3 is 24.1 Å². The first-order valence-corrected chi connectivity index (χ1v) is 12.9. The van der Waals surface area contributed by atoms with Crippen LogP contribution in [0, 0.1) is 0 Å². The Hall–Kier alpha value is -3.01. The SMILES string of the molecule is O=C([O-])CCCOc1cc(-c2ccccc2)nc(-c2ccc3cc(OCCN4CCOCC4)ccc3c2)n1.[Na+]. The van der Waals surface area contributed by atoms with Crippen molar-refractivity contribution in [2.45, 2.75) is 12.8 Å². The number of carbonyl (C=O) groups excluding carboxylic acids is 1. The van der Waals surface area contributed by atoms with Crippen molar-refractivity contribution in [1.29, 1.82) is 0 Å². The van der Waals surface area contributed by atoms with E-state index >= 15 is 0 Å². The van der Waals surface area contributed by atoms with Gasteiger partial charge in [0.1, 0.15) is 12.4 Å². The third kappa shape index (κ3) is 8.24. The van der Waals surface area contributed by atoms with Crippen LogP contribution in [0.3, 0.4) is 0 Å². The average molecular weight is 536 g/mol. The van der Waals surface area contributed by atoms with E-state index in [0.717, 1.165) is 66.2 Å². The van der Waals surface area contributed by atoms with E-state index in [4.69, 9.17) is 19.2 Å². The molecule has 0 spiro atoms. The quantitative estimate of drug-likeness (QED) is 0.203. The number of carbonyl (C=O) groups is 1. The van der Waals surface area contributed by atoms with E-state index in [1.54, 1.807) is 6.07 Å². The molecule has 0 atom stereocenters. The summed E-state index contributed by atoms with van der Waals surface area (Å²) in [6.45, 7) is 5.21. The summed E-state index contributed by atoms with van der Waals surface area (Å²) in [4.78, 5) is 22.5. The van der Waals surface area contributed by atoms with Crippen molar-refractivity contribution in [3.8, 4) is 34.3 Å². The monoisotopic (exact) mass is 535 g/mol. The number of hydrogen-bond donors (Lipinski definition) is 0. The molecule has 9 heteroatoms. The summed E-state index contributed by atoms with van der Waals surface area (Å²) >= 11 is 0. The predicted octanol–water partition coefficient (Wildman–Crippen LogP) is 0.588. The zero-order valence-corrected chi connectivity index (χ0v) is 24.2. The number of nitrogens with zero attached hydrogens (tertiary/aromatic N) is 3. The zero-order valence-electron chi connectivity index (χ0n) is 22.2. The summed E-state index contributed by atoms with van der Waals surface area (Å²) in [5.41, 5.74) is 2.53. The first-order valence-electron chi connectivity index (χ1n) is 12.9. The predicted molar refractivity (Wildman–Crippen MR) is 143 cm³/mol. The maximum Gasteiger partial charge on any atom is 1.00 e. The van der Waals surface area contributed by atoms with Crippen LogP contribution in [-0.2, 0) is 9.53 Å². The Bertz CT molecular complexity index is 1380. The Kier molecular flexibility index (Phi) is 10.7. The van der Waals surface area contributed by atoms with Gasteiger partial charge in [-0.1, -0.05) is 48.5 Å². The van der Waals surface area contributed by atoms with Gasteiger partial charge in [0.2, 0.25) is 5.88 Å². The van der Waals surface area contributed by atoms with E-state index in [0.29, 0.717) is 24.7 Å². The van der Waals surface area contributed by atoms with Crippen molar-refractivity contribution in [2.75, 3.05) is 46.1 Å². The van der Waals surface area contributed by atoms with E-state index in [-0.39, 0.29) is 42.6 Å². The largest absolute Gasteiger partial charge is 1.00 e. The van der Waals surface area contributed by atoms with Gasteiger partial charge in [-0.2, -0.15) is 4.98 Å². The van der Waals surface area contributed by atoms with Crippen LogP contribution in [0.5, 0.6) is 11.6 Å². The van der Waals surface area contributed by atoms with Crippen LogP contribution >= 0.6 is 0 Å². The summed E-state index contributed by atoms with van der Waals surface area (Å²) in [5, 5.41) is 12.8. The van der Waals surface area contributed by atoms with Gasteiger partial charge in [-0.15, -0.1) is 0 Å². The summed E-state index contributed by atoms with van der Waals surface area (Å²) in [6, 6.07) is 23.7. The molecule has 0 amide bonds. The van der Waals surface area contributed by atoms with Gasteiger partial charge in [-0.05, 0) is 41.8 Å². The molecule has 39 heavy (non-hydrogen) atoms. The molecule has 1 aromatic heterocycles. The Labute approximate surface area is 250 Å². The molecule has 0 unspecified atom stereocenters. The van der Waals surface area contributed by atoms with Crippen LogP contribution in [0.25, 0.3) is 33.4 Å². The normalized spacial score (nSPS) is 13.5. The summed E-state index contributed by atoms with van der Waals surface area (Å²) in [6.07, 6.45) is 0.280. The van der Waals surface area contributed by atoms with Gasteiger partial charge >= 0.3 is 29.6 Å². The number of hydrogen-bond acceptors (Lipinski definition) is 8. The fourth-order valence-corrected chi connectivity index (χ4v) is 4.35. The Morgan fingerprint density at radius 3 is 2.44 bits per heavy atom. The molecule has 0 radical (unpaired) electrons. The van der Waals surface area contributed by atoms with Crippen molar-refractivity contribution in [1.82, 2.24) is 14.9 Å². The third-order valence-corrected chi connectivity index (χ3v) is 6.40. The van der Waals surface area contributed by atoms with Gasteiger partial charge in [0, 0.05) is 42.8 Å². The third-order valence-electron chi connectivity index (χ3n) is 6.40. The van der Waals surface area contributed by atoms with Crippen LogP contribution in [0.2, 0.25) is 0 Å². The van der Waals surface area contributed by atoms with Crippen LogP contribution in [0.1, 0.15) is 12.8 Å². The number of morpholine rings is 1. The van der Waals surface area contributed by atoms with E-state index in [1.165, 1.54) is 0 Å². The minimum Gasteiger partial charge on any atom is -0.550 e. The average Bonchev–Trinajstić information content (AvgIpc) is 2.96. The number of benzene rings is 3. The Morgan fingerprint density at radius 2 is 1.64 bits per heavy atom. The van der Waals surface area contributed by atoms with Crippen LogP contribution in [0.15, 0.2) is 72.8 Å². The number of ether oxygens (including phenoxy) is 3. The zero-order chi connectivity index (χ0) is 26.2. The van der Waals surface area contributed by atoms with Gasteiger partial charge in [0.25, 0.3) is 0 Å². The van der Waals surface area contributed by atoms with Crippen molar-refractivity contribution in [3.63, 3.8) is 0 Å². The topological polar surface area (TPSA) is 96.8 Å². The first-order chi connectivity index (χ1) is 18.6. The standard InChI is InChI=1S/C30H31N3O5.Na/c34-29(35)7-4-15-38-28-21-27(22-5-2-1-3-6-22)31-30(32-28)25-9-8-24-20-26(11-10-23(24)19-25)37-18-14-33-12-16-36-17-13-33;/h1-3,5-6,8-11,19-21H,4,7,12-18H2,(H,34,35);/q;+1/p-1. The van der Waals surface area contributed by atoms with Crippen molar-refractivity contribution >= 4 is 16.7 Å². The fraction of sp³-hybridized carbons (Fsp3) is 0.300. The van der Waals surface area contributed by atoms with E-state index in [2.05, 4.69) is 16.0 Å². The number of aliphatic carboxylic acids is 1. The van der Waals surface area contributed by atoms with Crippen LogP contribution < -0.4 is 44.1 Å². The van der Waals surface area contributed by atoms with Gasteiger partial charge in [0.05, 0.1) is 25.5 Å². The molecule has 0 saturated carbocycles. The second kappa shape index (κ2) is 14.4. The molecule has 2 heterocycles. The van der Waals surface area contributed by atoms with E-state index in [1.807, 2.05) is 60.7 Å². The van der Waals surface area contributed by atoms with Gasteiger partial charge in [0.15, 0.2) is 5.82 Å². The van der Waals surface area contributed by atoms with Crippen LogP contribution in [0.4, 0.5) is 0 Å². The molecule has 1 saturated heterocycles. The maximum atomic E-state index is 10.7. The molecule has 196 valence electrons.